The van der Waals surface area contributed by atoms with Gasteiger partial charge in [-0.2, -0.15) is 0 Å². The molecular formula is C15H17BrClFN2. The van der Waals surface area contributed by atoms with Crippen LogP contribution in [0.3, 0.4) is 0 Å². The number of halogens is 3. The van der Waals surface area contributed by atoms with Crippen molar-refractivity contribution >= 4 is 38.6 Å². The van der Waals surface area contributed by atoms with Crippen LogP contribution in [-0.2, 0) is 11.4 Å². The number of rotatable bonds is 2. The largest absolute Gasteiger partial charge is 0.321 e. The van der Waals surface area contributed by atoms with Gasteiger partial charge in [0, 0.05) is 11.6 Å². The van der Waals surface area contributed by atoms with E-state index in [2.05, 4.69) is 32.4 Å². The van der Waals surface area contributed by atoms with Gasteiger partial charge in [0.15, 0.2) is 0 Å². The van der Waals surface area contributed by atoms with Crippen LogP contribution in [0, 0.1) is 5.82 Å². The van der Waals surface area contributed by atoms with Gasteiger partial charge in [-0.25, -0.2) is 9.37 Å². The van der Waals surface area contributed by atoms with Crippen LogP contribution in [0.1, 0.15) is 44.9 Å². The molecule has 1 aliphatic carbocycles. The average molecular weight is 360 g/mol. The number of aromatic nitrogens is 2. The summed E-state index contributed by atoms with van der Waals surface area (Å²) >= 11 is 9.35. The second-order valence-electron chi connectivity index (χ2n) is 5.81. The third-order valence-electron chi connectivity index (χ3n) is 4.36. The number of fused-ring (bicyclic) bond motifs is 1. The van der Waals surface area contributed by atoms with Gasteiger partial charge < -0.3 is 4.57 Å². The third-order valence-corrected chi connectivity index (χ3v) is 5.20. The van der Waals surface area contributed by atoms with Gasteiger partial charge in [0.25, 0.3) is 0 Å². The molecule has 1 aliphatic rings. The molecule has 0 N–H and O–H groups in total. The molecular weight excluding hydrogens is 343 g/mol. The SMILES string of the molecule is CC1(n2c(CCl)nc3cc(F)c(Br)cc32)CCCCC1. The Morgan fingerprint density at radius 3 is 2.70 bits per heavy atom. The van der Waals surface area contributed by atoms with Crippen molar-refractivity contribution in [2.24, 2.45) is 0 Å². The summed E-state index contributed by atoms with van der Waals surface area (Å²) in [5.74, 6) is 0.907. The van der Waals surface area contributed by atoms with Crippen LogP contribution in [0.2, 0.25) is 0 Å². The number of hydrogen-bond acceptors (Lipinski definition) is 1. The van der Waals surface area contributed by atoms with E-state index in [0.717, 1.165) is 24.2 Å². The summed E-state index contributed by atoms with van der Waals surface area (Å²) in [7, 11) is 0. The van der Waals surface area contributed by atoms with Crippen molar-refractivity contribution < 1.29 is 4.39 Å². The molecule has 0 atom stereocenters. The van der Waals surface area contributed by atoms with E-state index in [1.165, 1.54) is 25.3 Å². The molecule has 1 fully saturated rings. The first-order valence-corrected chi connectivity index (χ1v) is 8.31. The second kappa shape index (κ2) is 5.30. The Labute approximate surface area is 131 Å². The lowest BCUT2D eigenvalue weighted by molar-refractivity contribution is 0.220. The zero-order valence-electron chi connectivity index (χ0n) is 11.4. The van der Waals surface area contributed by atoms with Crippen LogP contribution in [0.25, 0.3) is 11.0 Å². The molecule has 0 unspecified atom stereocenters. The molecule has 0 amide bonds. The molecule has 1 saturated carbocycles. The highest BCUT2D eigenvalue weighted by Gasteiger charge is 2.32. The van der Waals surface area contributed by atoms with Crippen molar-refractivity contribution in [1.82, 2.24) is 9.55 Å². The van der Waals surface area contributed by atoms with E-state index >= 15 is 0 Å². The van der Waals surface area contributed by atoms with Gasteiger partial charge in [-0.3, -0.25) is 0 Å². The fourth-order valence-electron chi connectivity index (χ4n) is 3.35. The second-order valence-corrected chi connectivity index (χ2v) is 6.93. The van der Waals surface area contributed by atoms with Crippen molar-refractivity contribution in [2.45, 2.75) is 50.4 Å². The Balaban J connectivity index is 2.24. The minimum absolute atomic E-state index is 0.0362. The van der Waals surface area contributed by atoms with Crippen LogP contribution >= 0.6 is 27.5 Å². The van der Waals surface area contributed by atoms with E-state index in [4.69, 9.17) is 11.6 Å². The zero-order chi connectivity index (χ0) is 14.3. The molecule has 20 heavy (non-hydrogen) atoms. The van der Waals surface area contributed by atoms with E-state index < -0.39 is 0 Å². The first-order valence-electron chi connectivity index (χ1n) is 6.98. The molecule has 1 aromatic carbocycles. The summed E-state index contributed by atoms with van der Waals surface area (Å²) in [4.78, 5) is 4.52. The topological polar surface area (TPSA) is 17.8 Å². The van der Waals surface area contributed by atoms with E-state index in [-0.39, 0.29) is 11.4 Å². The smallest absolute Gasteiger partial charge is 0.139 e. The molecule has 108 valence electrons. The first kappa shape index (κ1) is 14.3. The van der Waals surface area contributed by atoms with Gasteiger partial charge in [0.05, 0.1) is 21.4 Å². The lowest BCUT2D eigenvalue weighted by Crippen LogP contribution is -2.33. The van der Waals surface area contributed by atoms with Gasteiger partial charge in [-0.05, 0) is 41.8 Å². The first-order chi connectivity index (χ1) is 9.55. The fourth-order valence-corrected chi connectivity index (χ4v) is 3.86. The zero-order valence-corrected chi connectivity index (χ0v) is 13.8. The van der Waals surface area contributed by atoms with Crippen LogP contribution < -0.4 is 0 Å². The van der Waals surface area contributed by atoms with Gasteiger partial charge in [-0.1, -0.05) is 19.3 Å². The Hall–Kier alpha value is -0.610. The maximum absolute atomic E-state index is 13.7. The van der Waals surface area contributed by atoms with Crippen molar-refractivity contribution in [1.29, 1.82) is 0 Å². The van der Waals surface area contributed by atoms with Crippen molar-refractivity contribution in [2.75, 3.05) is 0 Å². The highest BCUT2D eigenvalue weighted by Crippen LogP contribution is 2.39. The summed E-state index contributed by atoms with van der Waals surface area (Å²) in [5, 5.41) is 0. The van der Waals surface area contributed by atoms with E-state index in [0.29, 0.717) is 15.9 Å². The summed E-state index contributed by atoms with van der Waals surface area (Å²) in [6.07, 6.45) is 5.98. The Kier molecular flexibility index (Phi) is 3.80. The minimum Gasteiger partial charge on any atom is -0.321 e. The van der Waals surface area contributed by atoms with Crippen molar-refractivity contribution in [3.8, 4) is 0 Å². The van der Waals surface area contributed by atoms with Gasteiger partial charge in [0.2, 0.25) is 0 Å². The maximum atomic E-state index is 13.7. The fraction of sp³-hybridized carbons (Fsp3) is 0.533. The van der Waals surface area contributed by atoms with E-state index in [1.807, 2.05) is 6.07 Å². The average Bonchev–Trinajstić information content (AvgIpc) is 2.78. The summed E-state index contributed by atoms with van der Waals surface area (Å²) in [6.45, 7) is 2.26. The standard InChI is InChI=1S/C15H17BrClFN2/c1-15(5-3-2-4-6-15)20-13-7-10(16)11(18)8-12(13)19-14(20)9-17/h7-8H,2-6,9H2,1H3. The number of hydrogen-bond donors (Lipinski definition) is 0. The van der Waals surface area contributed by atoms with Crippen LogP contribution in [0.5, 0.6) is 0 Å². The molecule has 2 nitrogen and oxygen atoms in total. The molecule has 1 aromatic heterocycles. The lowest BCUT2D eigenvalue weighted by Gasteiger charge is -2.36. The van der Waals surface area contributed by atoms with Gasteiger partial charge in [-0.15, -0.1) is 11.6 Å². The molecule has 0 bridgehead atoms. The molecule has 2 aromatic rings. The van der Waals surface area contributed by atoms with Crippen molar-refractivity contribution in [3.63, 3.8) is 0 Å². The minimum atomic E-state index is -0.280. The molecule has 0 radical (unpaired) electrons. The summed E-state index contributed by atoms with van der Waals surface area (Å²) in [5.41, 5.74) is 1.69. The normalized spacial score (nSPS) is 18.6. The molecule has 3 rings (SSSR count). The van der Waals surface area contributed by atoms with Crippen LogP contribution in [0.15, 0.2) is 16.6 Å². The molecule has 5 heteroatoms. The number of benzene rings is 1. The van der Waals surface area contributed by atoms with Gasteiger partial charge >= 0.3 is 0 Å². The monoisotopic (exact) mass is 358 g/mol. The van der Waals surface area contributed by atoms with Crippen LogP contribution in [-0.4, -0.2) is 9.55 Å². The Morgan fingerprint density at radius 1 is 1.35 bits per heavy atom. The van der Waals surface area contributed by atoms with Gasteiger partial charge in [0.1, 0.15) is 11.6 Å². The molecule has 0 saturated heterocycles. The quantitative estimate of drug-likeness (QED) is 0.660. The number of alkyl halides is 1. The Bertz CT molecular complexity index is 647. The predicted molar refractivity (Wildman–Crippen MR) is 83.7 cm³/mol. The Morgan fingerprint density at radius 2 is 2.05 bits per heavy atom. The van der Waals surface area contributed by atoms with Crippen molar-refractivity contribution in [3.05, 3.63) is 28.2 Å². The summed E-state index contributed by atoms with van der Waals surface area (Å²) < 4.78 is 16.4. The van der Waals surface area contributed by atoms with Crippen LogP contribution in [0.4, 0.5) is 4.39 Å². The maximum Gasteiger partial charge on any atom is 0.139 e. The predicted octanol–water partition coefficient (Wildman–Crippen LogP) is 5.36. The number of imidazole rings is 1. The van der Waals surface area contributed by atoms with E-state index in [9.17, 15) is 4.39 Å². The number of nitrogens with zero attached hydrogens (tertiary/aromatic N) is 2. The summed E-state index contributed by atoms with van der Waals surface area (Å²) in [6, 6.07) is 3.31. The third kappa shape index (κ3) is 2.27. The molecule has 0 spiro atoms. The highest BCUT2D eigenvalue weighted by atomic mass is 79.9. The van der Waals surface area contributed by atoms with E-state index in [1.54, 1.807) is 0 Å². The molecule has 0 aliphatic heterocycles. The lowest BCUT2D eigenvalue weighted by atomic mass is 9.83. The highest BCUT2D eigenvalue weighted by molar-refractivity contribution is 9.10. The molecule has 1 heterocycles.